The van der Waals surface area contributed by atoms with Crippen LogP contribution in [0.2, 0.25) is 0 Å². The molecule has 0 aliphatic heterocycles. The molecule has 0 aromatic heterocycles. The summed E-state index contributed by atoms with van der Waals surface area (Å²) in [6.07, 6.45) is 9.54. The molecule has 0 radical (unpaired) electrons. The molecule has 0 amide bonds. The summed E-state index contributed by atoms with van der Waals surface area (Å²) in [5.41, 5.74) is 0.209. The molecular formula is C14H27IO. The summed E-state index contributed by atoms with van der Waals surface area (Å²) in [4.78, 5) is 0. The van der Waals surface area contributed by atoms with E-state index in [1.165, 1.54) is 44.9 Å². The third-order valence-corrected chi connectivity index (χ3v) is 5.37. The molecule has 1 nitrogen and oxygen atoms in total. The Hall–Kier alpha value is 0.690. The van der Waals surface area contributed by atoms with Crippen LogP contribution in [0.25, 0.3) is 0 Å². The van der Waals surface area contributed by atoms with Gasteiger partial charge >= 0.3 is 0 Å². The first-order valence-corrected chi connectivity index (χ1v) is 8.42. The van der Waals surface area contributed by atoms with Crippen molar-refractivity contribution in [2.75, 3.05) is 4.43 Å². The van der Waals surface area contributed by atoms with Crippen LogP contribution in [-0.2, 0) is 4.74 Å². The summed E-state index contributed by atoms with van der Waals surface area (Å²) in [5, 5.41) is 0. The van der Waals surface area contributed by atoms with Crippen LogP contribution in [0.15, 0.2) is 0 Å². The molecule has 0 heterocycles. The zero-order valence-electron chi connectivity index (χ0n) is 11.1. The molecule has 1 saturated carbocycles. The quantitative estimate of drug-likeness (QED) is 0.491. The Morgan fingerprint density at radius 1 is 1.31 bits per heavy atom. The second-order valence-electron chi connectivity index (χ2n) is 5.39. The minimum Gasteiger partial charge on any atom is -0.371 e. The van der Waals surface area contributed by atoms with E-state index in [-0.39, 0.29) is 5.60 Å². The zero-order valence-corrected chi connectivity index (χ0v) is 13.3. The fourth-order valence-corrected chi connectivity index (χ4v) is 3.73. The molecule has 1 unspecified atom stereocenters. The molecule has 0 aromatic rings. The highest BCUT2D eigenvalue weighted by Crippen LogP contribution is 2.38. The molecular weight excluding hydrogens is 311 g/mol. The van der Waals surface area contributed by atoms with Crippen molar-refractivity contribution in [3.8, 4) is 0 Å². The van der Waals surface area contributed by atoms with Crippen molar-refractivity contribution >= 4 is 22.6 Å². The number of hydrogen-bond acceptors (Lipinski definition) is 1. The summed E-state index contributed by atoms with van der Waals surface area (Å²) in [7, 11) is 0. The van der Waals surface area contributed by atoms with Crippen LogP contribution < -0.4 is 0 Å². The number of ether oxygens (including phenoxy) is 1. The van der Waals surface area contributed by atoms with Crippen LogP contribution in [0.1, 0.15) is 65.7 Å². The lowest BCUT2D eigenvalue weighted by Gasteiger charge is -2.40. The first-order valence-electron chi connectivity index (χ1n) is 6.89. The maximum Gasteiger partial charge on any atom is 0.0775 e. The van der Waals surface area contributed by atoms with Crippen LogP contribution in [0.4, 0.5) is 0 Å². The van der Waals surface area contributed by atoms with Gasteiger partial charge in [-0.2, -0.15) is 0 Å². The van der Waals surface area contributed by atoms with Gasteiger partial charge in [-0.3, -0.25) is 0 Å². The monoisotopic (exact) mass is 338 g/mol. The van der Waals surface area contributed by atoms with Crippen molar-refractivity contribution in [3.05, 3.63) is 0 Å². The van der Waals surface area contributed by atoms with Gasteiger partial charge in [-0.15, -0.1) is 0 Å². The molecule has 1 fully saturated rings. The van der Waals surface area contributed by atoms with Gasteiger partial charge in [0.15, 0.2) is 0 Å². The second kappa shape index (κ2) is 7.20. The standard InChI is InChI=1S/C14H27IO/c1-4-6-12(3)16-14(11-15)9-7-13(5-2)8-10-14/h12-13H,4-11H2,1-3H3. The van der Waals surface area contributed by atoms with Crippen LogP contribution in [-0.4, -0.2) is 16.1 Å². The Balaban J connectivity index is 2.45. The van der Waals surface area contributed by atoms with Gasteiger partial charge in [-0.25, -0.2) is 0 Å². The molecule has 0 saturated heterocycles. The van der Waals surface area contributed by atoms with E-state index in [0.717, 1.165) is 10.3 Å². The lowest BCUT2D eigenvalue weighted by molar-refractivity contribution is -0.0988. The molecule has 1 atom stereocenters. The van der Waals surface area contributed by atoms with Crippen molar-refractivity contribution in [2.24, 2.45) is 5.92 Å². The van der Waals surface area contributed by atoms with Crippen molar-refractivity contribution < 1.29 is 4.74 Å². The maximum absolute atomic E-state index is 6.35. The van der Waals surface area contributed by atoms with Gasteiger partial charge < -0.3 is 4.74 Å². The molecule has 0 spiro atoms. The second-order valence-corrected chi connectivity index (χ2v) is 6.15. The SMILES string of the molecule is CCCC(C)OC1(CI)CCC(CC)CC1. The normalized spacial score (nSPS) is 32.6. The summed E-state index contributed by atoms with van der Waals surface area (Å²) in [6.45, 7) is 6.80. The molecule has 0 N–H and O–H groups in total. The van der Waals surface area contributed by atoms with E-state index in [0.29, 0.717) is 6.10 Å². The van der Waals surface area contributed by atoms with Crippen LogP contribution >= 0.6 is 22.6 Å². The summed E-state index contributed by atoms with van der Waals surface area (Å²) in [5.74, 6) is 0.959. The van der Waals surface area contributed by atoms with Crippen molar-refractivity contribution in [1.82, 2.24) is 0 Å². The summed E-state index contributed by atoms with van der Waals surface area (Å²) < 4.78 is 7.52. The van der Waals surface area contributed by atoms with Gasteiger partial charge in [0.25, 0.3) is 0 Å². The lowest BCUT2D eigenvalue weighted by Crippen LogP contribution is -2.41. The summed E-state index contributed by atoms with van der Waals surface area (Å²) in [6, 6.07) is 0. The van der Waals surface area contributed by atoms with E-state index in [2.05, 4.69) is 43.4 Å². The minimum atomic E-state index is 0.209. The van der Waals surface area contributed by atoms with Crippen molar-refractivity contribution in [2.45, 2.75) is 77.4 Å². The van der Waals surface area contributed by atoms with Crippen molar-refractivity contribution in [1.29, 1.82) is 0 Å². The predicted molar refractivity (Wildman–Crippen MR) is 79.3 cm³/mol. The largest absolute Gasteiger partial charge is 0.371 e. The van der Waals surface area contributed by atoms with Gasteiger partial charge in [-0.1, -0.05) is 49.3 Å². The fourth-order valence-electron chi connectivity index (χ4n) is 2.79. The molecule has 0 aromatic carbocycles. The van der Waals surface area contributed by atoms with Crippen molar-refractivity contribution in [3.63, 3.8) is 0 Å². The highest BCUT2D eigenvalue weighted by atomic mass is 127. The summed E-state index contributed by atoms with van der Waals surface area (Å²) >= 11 is 2.52. The number of hydrogen-bond donors (Lipinski definition) is 0. The Labute approximate surface area is 115 Å². The smallest absolute Gasteiger partial charge is 0.0775 e. The highest BCUT2D eigenvalue weighted by molar-refractivity contribution is 14.1. The molecule has 1 aliphatic carbocycles. The van der Waals surface area contributed by atoms with E-state index in [1.807, 2.05) is 0 Å². The minimum absolute atomic E-state index is 0.209. The number of rotatable bonds is 6. The molecule has 1 aliphatic rings. The van der Waals surface area contributed by atoms with Gasteiger partial charge in [0.05, 0.1) is 11.7 Å². The van der Waals surface area contributed by atoms with E-state index in [1.54, 1.807) is 0 Å². The highest BCUT2D eigenvalue weighted by Gasteiger charge is 2.35. The van der Waals surface area contributed by atoms with Crippen LogP contribution in [0.3, 0.4) is 0 Å². The first kappa shape index (κ1) is 14.7. The van der Waals surface area contributed by atoms with Crippen LogP contribution in [0.5, 0.6) is 0 Å². The molecule has 1 rings (SSSR count). The average Bonchev–Trinajstić information content (AvgIpc) is 2.30. The average molecular weight is 338 g/mol. The van der Waals surface area contributed by atoms with Gasteiger partial charge in [-0.05, 0) is 44.9 Å². The first-order chi connectivity index (χ1) is 7.65. The maximum atomic E-state index is 6.35. The topological polar surface area (TPSA) is 9.23 Å². The van der Waals surface area contributed by atoms with E-state index in [9.17, 15) is 0 Å². The van der Waals surface area contributed by atoms with E-state index < -0.39 is 0 Å². The zero-order chi connectivity index (χ0) is 12.0. The van der Waals surface area contributed by atoms with Gasteiger partial charge in [0.1, 0.15) is 0 Å². The third kappa shape index (κ3) is 4.17. The third-order valence-electron chi connectivity index (χ3n) is 3.98. The Kier molecular flexibility index (Phi) is 6.63. The van der Waals surface area contributed by atoms with E-state index >= 15 is 0 Å². The molecule has 96 valence electrons. The number of alkyl halides is 1. The van der Waals surface area contributed by atoms with Gasteiger partial charge in [0, 0.05) is 4.43 Å². The molecule has 0 bridgehead atoms. The fraction of sp³-hybridized carbons (Fsp3) is 1.00. The lowest BCUT2D eigenvalue weighted by atomic mass is 9.78. The number of halogens is 1. The van der Waals surface area contributed by atoms with Gasteiger partial charge in [0.2, 0.25) is 0 Å². The van der Waals surface area contributed by atoms with Crippen LogP contribution in [0, 0.1) is 5.92 Å². The Morgan fingerprint density at radius 2 is 1.94 bits per heavy atom. The van der Waals surface area contributed by atoms with E-state index in [4.69, 9.17) is 4.74 Å². The molecule has 16 heavy (non-hydrogen) atoms. The predicted octanol–water partition coefficient (Wildman–Crippen LogP) is 4.97. The Bertz CT molecular complexity index is 185. The Morgan fingerprint density at radius 3 is 2.38 bits per heavy atom. The molecule has 2 heteroatoms.